The number of hydrogen-bond acceptors (Lipinski definition) is 2. The molecule has 0 aliphatic carbocycles. The highest BCUT2D eigenvalue weighted by Gasteiger charge is 2.45. The van der Waals surface area contributed by atoms with E-state index in [2.05, 4.69) is 31.9 Å². The summed E-state index contributed by atoms with van der Waals surface area (Å²) in [5.74, 6) is 0.628. The molecule has 17 heavy (non-hydrogen) atoms. The normalized spacial score (nSPS) is 37.9. The monoisotopic (exact) mass is 233 g/mol. The summed E-state index contributed by atoms with van der Waals surface area (Å²) in [7, 11) is 0. The van der Waals surface area contributed by atoms with Crippen molar-refractivity contribution in [2.24, 2.45) is 5.92 Å². The zero-order valence-electron chi connectivity index (χ0n) is 11.0. The molecule has 2 nitrogen and oxygen atoms in total. The van der Waals surface area contributed by atoms with Crippen molar-refractivity contribution in [3.8, 4) is 0 Å². The Morgan fingerprint density at radius 3 is 2.82 bits per heavy atom. The van der Waals surface area contributed by atoms with Crippen LogP contribution in [0, 0.1) is 5.92 Å². The van der Waals surface area contributed by atoms with Gasteiger partial charge >= 0.3 is 0 Å². The van der Waals surface area contributed by atoms with Gasteiger partial charge in [0.25, 0.3) is 0 Å². The molecule has 94 valence electrons. The van der Waals surface area contributed by atoms with E-state index in [0.29, 0.717) is 30.3 Å². The molecule has 0 aromatic carbocycles. The Morgan fingerprint density at radius 1 is 1.53 bits per heavy atom. The molecular weight excluding hydrogens is 210 g/mol. The van der Waals surface area contributed by atoms with Gasteiger partial charge in [0.1, 0.15) is 5.78 Å². The van der Waals surface area contributed by atoms with Gasteiger partial charge in [-0.3, -0.25) is 9.69 Å². The molecule has 0 unspecified atom stereocenters. The molecular formula is C15H23NO. The maximum absolute atomic E-state index is 12.0. The fourth-order valence-electron chi connectivity index (χ4n) is 3.49. The second kappa shape index (κ2) is 4.77. The van der Waals surface area contributed by atoms with E-state index in [0.717, 1.165) is 19.3 Å². The van der Waals surface area contributed by atoms with E-state index in [-0.39, 0.29) is 5.92 Å². The highest BCUT2D eigenvalue weighted by Crippen LogP contribution is 2.38. The summed E-state index contributed by atoms with van der Waals surface area (Å²) >= 11 is 0. The molecule has 2 heteroatoms. The van der Waals surface area contributed by atoms with Crippen LogP contribution in [0.4, 0.5) is 0 Å². The Kier molecular flexibility index (Phi) is 3.53. The number of nitrogens with zero attached hydrogens (tertiary/aromatic N) is 1. The summed E-state index contributed by atoms with van der Waals surface area (Å²) < 4.78 is 0. The van der Waals surface area contributed by atoms with Crippen LogP contribution in [0.1, 0.15) is 39.5 Å². The lowest BCUT2D eigenvalue weighted by Gasteiger charge is -2.43. The quantitative estimate of drug-likeness (QED) is 0.699. The van der Waals surface area contributed by atoms with Gasteiger partial charge in [0.05, 0.1) is 0 Å². The summed E-state index contributed by atoms with van der Waals surface area (Å²) in [6, 6.07) is 1.25. The van der Waals surface area contributed by atoms with E-state index in [1.165, 1.54) is 5.57 Å². The fourth-order valence-corrected chi connectivity index (χ4v) is 3.49. The van der Waals surface area contributed by atoms with Crippen LogP contribution in [0.2, 0.25) is 0 Å². The average Bonchev–Trinajstić information content (AvgIpc) is 2.68. The lowest BCUT2D eigenvalue weighted by molar-refractivity contribution is -0.130. The Balaban J connectivity index is 2.22. The Morgan fingerprint density at radius 2 is 2.24 bits per heavy atom. The number of rotatable bonds is 3. The average molecular weight is 233 g/mol. The van der Waals surface area contributed by atoms with Crippen LogP contribution in [0.15, 0.2) is 24.8 Å². The molecule has 2 saturated heterocycles. The second-order valence-corrected chi connectivity index (χ2v) is 5.67. The zero-order chi connectivity index (χ0) is 12.6. The van der Waals surface area contributed by atoms with Crippen molar-refractivity contribution < 1.29 is 4.79 Å². The number of Topliss-reactive ketones (excluding diaryl/α,β-unsaturated/α-hetero) is 1. The van der Waals surface area contributed by atoms with E-state index >= 15 is 0 Å². The predicted molar refractivity (Wildman–Crippen MR) is 70.9 cm³/mol. The minimum absolute atomic E-state index is 0.196. The zero-order valence-corrected chi connectivity index (χ0v) is 11.0. The van der Waals surface area contributed by atoms with Crippen molar-refractivity contribution in [3.63, 3.8) is 0 Å². The largest absolute Gasteiger partial charge is 0.299 e. The number of ketones is 1. The number of fused-ring (bicyclic) bond motifs is 1. The predicted octanol–water partition coefficient (Wildman–Crippen LogP) is 2.95. The third-order valence-corrected chi connectivity index (χ3v) is 4.32. The first-order valence-electron chi connectivity index (χ1n) is 6.61. The molecule has 0 N–H and O–H groups in total. The first kappa shape index (κ1) is 12.6. The molecule has 0 radical (unpaired) electrons. The first-order valence-corrected chi connectivity index (χ1v) is 6.61. The smallest absolute Gasteiger partial charge is 0.138 e. The van der Waals surface area contributed by atoms with E-state index in [9.17, 15) is 4.79 Å². The van der Waals surface area contributed by atoms with Crippen molar-refractivity contribution in [2.45, 2.75) is 57.7 Å². The molecule has 0 amide bonds. The van der Waals surface area contributed by atoms with Crippen molar-refractivity contribution in [1.82, 2.24) is 4.90 Å². The maximum Gasteiger partial charge on any atom is 0.138 e. The Bertz CT molecular complexity index is 347. The molecule has 2 fully saturated rings. The van der Waals surface area contributed by atoms with Gasteiger partial charge in [-0.15, -0.1) is 13.2 Å². The van der Waals surface area contributed by atoms with Crippen LogP contribution in [0.5, 0.6) is 0 Å². The van der Waals surface area contributed by atoms with E-state index < -0.39 is 0 Å². The Hall–Kier alpha value is -0.890. The molecule has 0 saturated carbocycles. The van der Waals surface area contributed by atoms with Crippen molar-refractivity contribution >= 4 is 5.78 Å². The van der Waals surface area contributed by atoms with Gasteiger partial charge in [-0.1, -0.05) is 18.6 Å². The van der Waals surface area contributed by atoms with Crippen LogP contribution < -0.4 is 0 Å². The van der Waals surface area contributed by atoms with Crippen molar-refractivity contribution in [2.75, 3.05) is 0 Å². The Labute approximate surface area is 104 Å². The second-order valence-electron chi connectivity index (χ2n) is 5.67. The maximum atomic E-state index is 12.0. The van der Waals surface area contributed by atoms with Crippen LogP contribution in [0.25, 0.3) is 0 Å². The number of hydrogen-bond donors (Lipinski definition) is 0. The third kappa shape index (κ3) is 2.23. The van der Waals surface area contributed by atoms with Crippen molar-refractivity contribution in [3.05, 3.63) is 24.8 Å². The molecule has 0 spiro atoms. The molecule has 2 heterocycles. The molecule has 0 bridgehead atoms. The van der Waals surface area contributed by atoms with Crippen LogP contribution in [-0.4, -0.2) is 28.8 Å². The number of carbonyl (C=O) groups is 1. The standard InChI is InChI=1S/C15H23NO/c1-5-12-6-7-14-11(4)15(17)9-13(16(12)14)8-10(2)3/h5,11-14H,1-2,6-9H2,3-4H3/t11-,12+,13-,14-/m1/s1. The fraction of sp³-hybridized carbons (Fsp3) is 0.667. The van der Waals surface area contributed by atoms with Gasteiger partial charge in [0.15, 0.2) is 0 Å². The molecule has 2 rings (SSSR count). The highest BCUT2D eigenvalue weighted by atomic mass is 16.1. The van der Waals surface area contributed by atoms with Crippen LogP contribution >= 0.6 is 0 Å². The van der Waals surface area contributed by atoms with Crippen molar-refractivity contribution in [1.29, 1.82) is 0 Å². The van der Waals surface area contributed by atoms with Gasteiger partial charge < -0.3 is 0 Å². The van der Waals surface area contributed by atoms with Crippen LogP contribution in [0.3, 0.4) is 0 Å². The highest BCUT2D eigenvalue weighted by molar-refractivity contribution is 5.83. The summed E-state index contributed by atoms with van der Waals surface area (Å²) in [5.41, 5.74) is 1.17. The molecule has 0 aromatic rings. The lowest BCUT2D eigenvalue weighted by atomic mass is 9.84. The van der Waals surface area contributed by atoms with Crippen LogP contribution in [-0.2, 0) is 4.79 Å². The summed E-state index contributed by atoms with van der Waals surface area (Å²) in [4.78, 5) is 14.6. The minimum atomic E-state index is 0.196. The van der Waals surface area contributed by atoms with Gasteiger partial charge in [-0.2, -0.15) is 0 Å². The topological polar surface area (TPSA) is 20.3 Å². The number of piperidine rings is 1. The summed E-state index contributed by atoms with van der Waals surface area (Å²) in [6.07, 6.45) is 5.97. The van der Waals surface area contributed by atoms with Gasteiger partial charge in [0, 0.05) is 30.5 Å². The number of carbonyl (C=O) groups excluding carboxylic acids is 1. The molecule has 2 aliphatic heterocycles. The summed E-state index contributed by atoms with van der Waals surface area (Å²) in [6.45, 7) is 12.1. The minimum Gasteiger partial charge on any atom is -0.299 e. The molecule has 4 atom stereocenters. The molecule has 2 aliphatic rings. The molecule has 0 aromatic heterocycles. The summed E-state index contributed by atoms with van der Waals surface area (Å²) in [5, 5.41) is 0. The first-order chi connectivity index (χ1) is 8.04. The van der Waals surface area contributed by atoms with Gasteiger partial charge in [-0.25, -0.2) is 0 Å². The SMILES string of the molecule is C=C[C@H]1CC[C@@H]2[C@@H](C)C(=O)C[C@@H](CC(=C)C)N21. The van der Waals surface area contributed by atoms with Gasteiger partial charge in [0.2, 0.25) is 0 Å². The lowest BCUT2D eigenvalue weighted by Crippen LogP contribution is -2.53. The third-order valence-electron chi connectivity index (χ3n) is 4.32. The van der Waals surface area contributed by atoms with E-state index in [4.69, 9.17) is 0 Å². The van der Waals surface area contributed by atoms with Gasteiger partial charge in [-0.05, 0) is 26.2 Å². The van der Waals surface area contributed by atoms with E-state index in [1.807, 2.05) is 6.08 Å². The van der Waals surface area contributed by atoms with E-state index in [1.54, 1.807) is 0 Å².